The fourth-order valence-corrected chi connectivity index (χ4v) is 2.87. The van der Waals surface area contributed by atoms with Crippen LogP contribution in [0, 0.1) is 5.92 Å². The van der Waals surface area contributed by atoms with E-state index in [9.17, 15) is 0 Å². The van der Waals surface area contributed by atoms with Crippen molar-refractivity contribution >= 4 is 0 Å². The Morgan fingerprint density at radius 1 is 1.27 bits per heavy atom. The molecule has 1 N–H and O–H groups in total. The molecule has 2 fully saturated rings. The van der Waals surface area contributed by atoms with Gasteiger partial charge in [0.2, 0.25) is 0 Å². The molecule has 0 radical (unpaired) electrons. The van der Waals surface area contributed by atoms with E-state index in [1.54, 1.807) is 0 Å². The van der Waals surface area contributed by atoms with Crippen LogP contribution >= 0.6 is 0 Å². The van der Waals surface area contributed by atoms with Crippen molar-refractivity contribution in [1.29, 1.82) is 0 Å². The highest BCUT2D eigenvalue weighted by atomic mass is 15.2. The Labute approximate surface area is 91.3 Å². The highest BCUT2D eigenvalue weighted by Crippen LogP contribution is 2.30. The number of likely N-dealkylation sites (tertiary alicyclic amines) is 1. The molecule has 0 aromatic heterocycles. The molecule has 15 heavy (non-hydrogen) atoms. The van der Waals surface area contributed by atoms with Gasteiger partial charge in [-0.05, 0) is 24.4 Å². The van der Waals surface area contributed by atoms with E-state index in [1.807, 2.05) is 0 Å². The minimum Gasteiger partial charge on any atom is -0.316 e. The van der Waals surface area contributed by atoms with Crippen molar-refractivity contribution in [2.24, 2.45) is 5.92 Å². The van der Waals surface area contributed by atoms with Gasteiger partial charge in [-0.3, -0.25) is 4.90 Å². The van der Waals surface area contributed by atoms with Gasteiger partial charge in [0.1, 0.15) is 0 Å². The van der Waals surface area contributed by atoms with Crippen LogP contribution in [0.25, 0.3) is 0 Å². The van der Waals surface area contributed by atoms with Crippen LogP contribution in [-0.4, -0.2) is 30.6 Å². The Kier molecular flexibility index (Phi) is 2.47. The first-order valence-corrected chi connectivity index (χ1v) is 5.92. The molecular formula is C13H18N2. The van der Waals surface area contributed by atoms with Crippen LogP contribution in [0.1, 0.15) is 12.0 Å². The zero-order valence-electron chi connectivity index (χ0n) is 9.02. The fraction of sp³-hybridized carbons (Fsp3) is 0.538. The normalized spacial score (nSPS) is 30.7. The second-order valence-electron chi connectivity index (χ2n) is 4.74. The molecule has 2 aliphatic rings. The number of hydrogen-bond acceptors (Lipinski definition) is 2. The van der Waals surface area contributed by atoms with Gasteiger partial charge in [0.15, 0.2) is 0 Å². The predicted octanol–water partition coefficient (Wildman–Crippen LogP) is 1.48. The average molecular weight is 202 g/mol. The van der Waals surface area contributed by atoms with E-state index in [2.05, 4.69) is 40.5 Å². The molecule has 1 aromatic carbocycles. The molecule has 2 nitrogen and oxygen atoms in total. The molecule has 0 saturated carbocycles. The molecule has 0 amide bonds. The van der Waals surface area contributed by atoms with Gasteiger partial charge >= 0.3 is 0 Å². The second kappa shape index (κ2) is 3.95. The Morgan fingerprint density at radius 3 is 2.93 bits per heavy atom. The first kappa shape index (κ1) is 9.37. The average Bonchev–Trinajstić information content (AvgIpc) is 2.27. The highest BCUT2D eigenvalue weighted by Gasteiger charge is 2.39. The maximum atomic E-state index is 3.47. The lowest BCUT2D eigenvalue weighted by atomic mass is 9.83. The molecule has 1 aromatic rings. The predicted molar refractivity (Wildman–Crippen MR) is 61.6 cm³/mol. The summed E-state index contributed by atoms with van der Waals surface area (Å²) in [7, 11) is 0. The molecule has 2 aliphatic heterocycles. The molecule has 3 rings (SSSR count). The fourth-order valence-electron chi connectivity index (χ4n) is 2.87. The SMILES string of the molecule is c1ccc(CN2C[C@@H]3CNCC[C@@H]32)cc1. The second-order valence-corrected chi connectivity index (χ2v) is 4.74. The van der Waals surface area contributed by atoms with E-state index in [1.165, 1.54) is 31.6 Å². The van der Waals surface area contributed by atoms with E-state index in [0.717, 1.165) is 18.5 Å². The van der Waals surface area contributed by atoms with Crippen LogP contribution in [0.4, 0.5) is 0 Å². The highest BCUT2D eigenvalue weighted by molar-refractivity contribution is 5.15. The Balaban J connectivity index is 1.61. The molecule has 0 unspecified atom stereocenters. The zero-order valence-corrected chi connectivity index (χ0v) is 9.02. The maximum absolute atomic E-state index is 3.47. The number of nitrogens with one attached hydrogen (secondary N) is 1. The number of fused-ring (bicyclic) bond motifs is 1. The van der Waals surface area contributed by atoms with Crippen molar-refractivity contribution in [2.45, 2.75) is 19.0 Å². The summed E-state index contributed by atoms with van der Waals surface area (Å²) < 4.78 is 0. The van der Waals surface area contributed by atoms with E-state index in [0.29, 0.717) is 0 Å². The number of hydrogen-bond donors (Lipinski definition) is 1. The van der Waals surface area contributed by atoms with Gasteiger partial charge in [-0.1, -0.05) is 30.3 Å². The third kappa shape index (κ3) is 1.80. The first-order chi connectivity index (χ1) is 7.43. The monoisotopic (exact) mass is 202 g/mol. The maximum Gasteiger partial charge on any atom is 0.0236 e. The van der Waals surface area contributed by atoms with Gasteiger partial charge in [-0.25, -0.2) is 0 Å². The summed E-state index contributed by atoms with van der Waals surface area (Å²) >= 11 is 0. The van der Waals surface area contributed by atoms with E-state index in [-0.39, 0.29) is 0 Å². The number of benzene rings is 1. The number of rotatable bonds is 2. The summed E-state index contributed by atoms with van der Waals surface area (Å²) in [6, 6.07) is 11.7. The van der Waals surface area contributed by atoms with Crippen molar-refractivity contribution < 1.29 is 0 Å². The quantitative estimate of drug-likeness (QED) is 0.781. The van der Waals surface area contributed by atoms with Crippen molar-refractivity contribution in [3.05, 3.63) is 35.9 Å². The van der Waals surface area contributed by atoms with Crippen LogP contribution in [0.5, 0.6) is 0 Å². The third-order valence-electron chi connectivity index (χ3n) is 3.73. The van der Waals surface area contributed by atoms with E-state index in [4.69, 9.17) is 0 Å². The molecule has 2 atom stereocenters. The van der Waals surface area contributed by atoms with Crippen molar-refractivity contribution in [1.82, 2.24) is 10.2 Å². The summed E-state index contributed by atoms with van der Waals surface area (Å²) in [4.78, 5) is 2.63. The topological polar surface area (TPSA) is 15.3 Å². The Hall–Kier alpha value is -0.860. The zero-order chi connectivity index (χ0) is 10.1. The molecule has 0 aliphatic carbocycles. The molecular weight excluding hydrogens is 184 g/mol. The van der Waals surface area contributed by atoms with Gasteiger partial charge in [0.05, 0.1) is 0 Å². The van der Waals surface area contributed by atoms with Crippen LogP contribution < -0.4 is 5.32 Å². The Bertz CT molecular complexity index is 323. The van der Waals surface area contributed by atoms with Crippen molar-refractivity contribution in [3.63, 3.8) is 0 Å². The lowest BCUT2D eigenvalue weighted by Gasteiger charge is -2.51. The number of piperidine rings is 1. The van der Waals surface area contributed by atoms with Gasteiger partial charge in [0.25, 0.3) is 0 Å². The van der Waals surface area contributed by atoms with Gasteiger partial charge in [-0.15, -0.1) is 0 Å². The summed E-state index contributed by atoms with van der Waals surface area (Å²) in [6.45, 7) is 4.86. The van der Waals surface area contributed by atoms with Crippen LogP contribution in [0.3, 0.4) is 0 Å². The summed E-state index contributed by atoms with van der Waals surface area (Å²) in [6.07, 6.45) is 1.33. The molecule has 2 heteroatoms. The lowest BCUT2D eigenvalue weighted by Crippen LogP contribution is -2.62. The third-order valence-corrected chi connectivity index (χ3v) is 3.73. The largest absolute Gasteiger partial charge is 0.316 e. The van der Waals surface area contributed by atoms with Crippen molar-refractivity contribution in [3.8, 4) is 0 Å². The van der Waals surface area contributed by atoms with Gasteiger partial charge in [-0.2, -0.15) is 0 Å². The molecule has 2 heterocycles. The number of nitrogens with zero attached hydrogens (tertiary/aromatic N) is 1. The van der Waals surface area contributed by atoms with Gasteiger partial charge < -0.3 is 5.32 Å². The van der Waals surface area contributed by atoms with Crippen LogP contribution in [-0.2, 0) is 6.54 Å². The Morgan fingerprint density at radius 2 is 2.13 bits per heavy atom. The first-order valence-electron chi connectivity index (χ1n) is 5.92. The van der Waals surface area contributed by atoms with Crippen molar-refractivity contribution in [2.75, 3.05) is 19.6 Å². The molecule has 0 bridgehead atoms. The van der Waals surface area contributed by atoms with E-state index < -0.39 is 0 Å². The smallest absolute Gasteiger partial charge is 0.0236 e. The van der Waals surface area contributed by atoms with E-state index >= 15 is 0 Å². The summed E-state index contributed by atoms with van der Waals surface area (Å²) in [5.74, 6) is 0.919. The molecule has 80 valence electrons. The summed E-state index contributed by atoms with van der Waals surface area (Å²) in [5.41, 5.74) is 1.45. The van der Waals surface area contributed by atoms with Gasteiger partial charge in [0, 0.05) is 25.7 Å². The molecule has 2 saturated heterocycles. The lowest BCUT2D eigenvalue weighted by molar-refractivity contribution is -0.0121. The van der Waals surface area contributed by atoms with Crippen LogP contribution in [0.2, 0.25) is 0 Å². The molecule has 0 spiro atoms. The van der Waals surface area contributed by atoms with Crippen LogP contribution in [0.15, 0.2) is 30.3 Å². The standard InChI is InChI=1S/C13H18N2/c1-2-4-11(5-3-1)9-15-10-12-8-14-7-6-13(12)15/h1-5,12-14H,6-10H2/t12-,13-/m0/s1. The minimum absolute atomic E-state index is 0.853. The summed E-state index contributed by atoms with van der Waals surface area (Å²) in [5, 5.41) is 3.47. The minimum atomic E-state index is 0.853.